The van der Waals surface area contributed by atoms with Gasteiger partial charge in [-0.15, -0.1) is 5.11 Å². The predicted octanol–water partition coefficient (Wildman–Crippen LogP) is 6.32. The van der Waals surface area contributed by atoms with Crippen LogP contribution in [0.25, 0.3) is 11.1 Å². The second-order valence-corrected chi connectivity index (χ2v) is 7.84. The van der Waals surface area contributed by atoms with Gasteiger partial charge in [0.25, 0.3) is 5.91 Å². The first-order valence-corrected chi connectivity index (χ1v) is 11.1. The maximum atomic E-state index is 13.1. The van der Waals surface area contributed by atoms with Gasteiger partial charge >= 0.3 is 0 Å². The van der Waals surface area contributed by atoms with Crippen molar-refractivity contribution in [3.63, 3.8) is 0 Å². The predicted molar refractivity (Wildman–Crippen MR) is 136 cm³/mol. The quantitative estimate of drug-likeness (QED) is 0.147. The number of benzene rings is 3. The van der Waals surface area contributed by atoms with Gasteiger partial charge in [0.1, 0.15) is 34.7 Å². The van der Waals surface area contributed by atoms with Gasteiger partial charge in [-0.2, -0.15) is 0 Å². The van der Waals surface area contributed by atoms with Crippen molar-refractivity contribution in [2.24, 2.45) is 10.8 Å². The van der Waals surface area contributed by atoms with E-state index in [1.54, 1.807) is 30.3 Å². The lowest BCUT2D eigenvalue weighted by Gasteiger charge is -2.24. The summed E-state index contributed by atoms with van der Waals surface area (Å²) in [5, 5.41) is 10.9. The third kappa shape index (κ3) is 5.95. The number of amides is 1. The van der Waals surface area contributed by atoms with Crippen LogP contribution in [0.15, 0.2) is 96.1 Å². The topological polar surface area (TPSA) is 129 Å². The molecule has 0 fully saturated rings. The molecule has 0 unspecified atom stereocenters. The van der Waals surface area contributed by atoms with Crippen LogP contribution in [0.5, 0.6) is 11.5 Å². The van der Waals surface area contributed by atoms with Gasteiger partial charge in [-0.25, -0.2) is 14.9 Å². The van der Waals surface area contributed by atoms with Gasteiger partial charge in [0.2, 0.25) is 0 Å². The summed E-state index contributed by atoms with van der Waals surface area (Å²) in [6.45, 7) is 0.324. The van der Waals surface area contributed by atoms with E-state index in [4.69, 9.17) is 21.4 Å². The van der Waals surface area contributed by atoms with E-state index >= 15 is 0 Å². The summed E-state index contributed by atoms with van der Waals surface area (Å²) >= 11 is 0. The number of nitrogens with one attached hydrogen (secondary N) is 2. The lowest BCUT2D eigenvalue weighted by atomic mass is 10.0. The maximum Gasteiger partial charge on any atom is 0.267 e. The number of aromatic nitrogens is 1. The summed E-state index contributed by atoms with van der Waals surface area (Å²) in [7, 11) is 0. The fourth-order valence-corrected chi connectivity index (χ4v) is 3.56. The number of primary amides is 1. The summed E-state index contributed by atoms with van der Waals surface area (Å²) in [6, 6.07) is 25.8. The Morgan fingerprint density at radius 1 is 0.944 bits per heavy atom. The van der Waals surface area contributed by atoms with Gasteiger partial charge in [0.05, 0.1) is 0 Å². The molecule has 0 radical (unpaired) electrons. The zero-order chi connectivity index (χ0) is 25.5. The van der Waals surface area contributed by atoms with E-state index in [1.807, 2.05) is 53.4 Å². The third-order valence-corrected chi connectivity index (χ3v) is 5.35. The van der Waals surface area contributed by atoms with Crippen LogP contribution in [-0.2, 0) is 0 Å². The van der Waals surface area contributed by atoms with Gasteiger partial charge in [-0.3, -0.25) is 10.2 Å². The molecule has 0 bridgehead atoms. The van der Waals surface area contributed by atoms with Crippen molar-refractivity contribution < 1.29 is 13.9 Å². The molecule has 0 aliphatic carbocycles. The molecule has 8 nitrogen and oxygen atoms in total. The molecule has 3 aromatic carbocycles. The number of carbonyl (C=O) groups is 1. The zero-order valence-corrected chi connectivity index (χ0v) is 19.2. The maximum absolute atomic E-state index is 13.1. The van der Waals surface area contributed by atoms with E-state index in [0.29, 0.717) is 29.4 Å². The number of nitrogens with two attached hydrogens (primary N) is 1. The van der Waals surface area contributed by atoms with Gasteiger partial charge in [0, 0.05) is 18.7 Å². The van der Waals surface area contributed by atoms with Crippen molar-refractivity contribution in [2.75, 3.05) is 11.4 Å². The third-order valence-electron chi connectivity index (χ3n) is 5.35. The Labute approximate surface area is 207 Å². The van der Waals surface area contributed by atoms with Crippen molar-refractivity contribution in [1.29, 1.82) is 10.9 Å². The van der Waals surface area contributed by atoms with Crippen LogP contribution in [0.3, 0.4) is 0 Å². The van der Waals surface area contributed by atoms with Crippen LogP contribution in [-0.4, -0.2) is 23.3 Å². The van der Waals surface area contributed by atoms with Crippen LogP contribution in [0.2, 0.25) is 0 Å². The lowest BCUT2D eigenvalue weighted by Crippen LogP contribution is -2.23. The van der Waals surface area contributed by atoms with E-state index in [-0.39, 0.29) is 23.8 Å². The largest absolute Gasteiger partial charge is 0.457 e. The first-order valence-electron chi connectivity index (χ1n) is 11.1. The minimum atomic E-state index is -0.670. The Morgan fingerprint density at radius 2 is 1.58 bits per heavy atom. The van der Waals surface area contributed by atoms with Gasteiger partial charge < -0.3 is 15.4 Å². The highest BCUT2D eigenvalue weighted by Gasteiger charge is 2.16. The van der Waals surface area contributed by atoms with E-state index in [9.17, 15) is 9.18 Å². The fraction of sp³-hybridized carbons (Fsp3) is 0.0741. The monoisotopic (exact) mass is 482 g/mol. The van der Waals surface area contributed by atoms with E-state index in [0.717, 1.165) is 11.3 Å². The molecule has 0 aliphatic rings. The average Bonchev–Trinajstić information content (AvgIpc) is 2.91. The van der Waals surface area contributed by atoms with Gasteiger partial charge in [-0.05, 0) is 71.8 Å². The molecule has 0 aliphatic heterocycles. The first-order chi connectivity index (χ1) is 17.4. The molecule has 4 aromatic rings. The molecule has 0 atom stereocenters. The summed E-state index contributed by atoms with van der Waals surface area (Å²) in [6.07, 6.45) is 0.214. The highest BCUT2D eigenvalue weighted by Crippen LogP contribution is 2.31. The Kier molecular flexibility index (Phi) is 7.40. The summed E-state index contributed by atoms with van der Waals surface area (Å²) < 4.78 is 18.9. The summed E-state index contributed by atoms with van der Waals surface area (Å²) in [5.74, 6) is 0.465. The number of hydrogen-bond acceptors (Lipinski definition) is 6. The number of nitrogens with zero attached hydrogens (tertiary/aromatic N) is 3. The number of para-hydroxylation sites is 1. The summed E-state index contributed by atoms with van der Waals surface area (Å²) in [4.78, 5) is 18.4. The molecule has 0 saturated carbocycles. The van der Waals surface area contributed by atoms with Gasteiger partial charge in [-0.1, -0.05) is 30.3 Å². The molecule has 0 saturated heterocycles. The van der Waals surface area contributed by atoms with Crippen molar-refractivity contribution in [1.82, 2.24) is 4.98 Å². The molecule has 9 heteroatoms. The smallest absolute Gasteiger partial charge is 0.267 e. The molecule has 36 heavy (non-hydrogen) atoms. The first kappa shape index (κ1) is 24.2. The Hall–Kier alpha value is -4.92. The van der Waals surface area contributed by atoms with E-state index in [2.05, 4.69) is 10.1 Å². The lowest BCUT2D eigenvalue weighted by molar-refractivity contribution is 0.0995. The second-order valence-electron chi connectivity index (χ2n) is 7.84. The highest BCUT2D eigenvalue weighted by atomic mass is 19.1. The number of hydrogen-bond donors (Lipinski definition) is 3. The van der Waals surface area contributed by atoms with Gasteiger partial charge in [0.15, 0.2) is 0 Å². The Balaban J connectivity index is 1.68. The van der Waals surface area contributed by atoms with Crippen LogP contribution in [0.1, 0.15) is 16.9 Å². The van der Waals surface area contributed by atoms with E-state index < -0.39 is 5.91 Å². The van der Waals surface area contributed by atoms with Crippen molar-refractivity contribution in [3.05, 3.63) is 103 Å². The van der Waals surface area contributed by atoms with Crippen LogP contribution in [0.4, 0.5) is 15.9 Å². The molecular weight excluding hydrogens is 459 g/mol. The van der Waals surface area contributed by atoms with Crippen LogP contribution < -0.4 is 15.4 Å². The summed E-state index contributed by atoms with van der Waals surface area (Å²) in [5.41, 5.74) is 15.1. The number of halogens is 1. The van der Waals surface area contributed by atoms with Crippen molar-refractivity contribution in [2.45, 2.75) is 6.42 Å². The molecule has 1 amide bonds. The van der Waals surface area contributed by atoms with E-state index in [1.165, 1.54) is 12.1 Å². The Morgan fingerprint density at radius 3 is 2.19 bits per heavy atom. The van der Waals surface area contributed by atoms with Crippen molar-refractivity contribution in [3.8, 4) is 22.6 Å². The standard InChI is InChI=1S/C27H23FN6O2/c28-20-8-12-23(13-9-20)36-22-10-6-18(7-11-22)19-16-24(27(30)35)32-26(17-19)34(15-14-25(29)33-31)21-4-2-1-3-5-21/h1-13,16-17,29,31H,14-15H2,(H2,30,35). The normalized spacial score (nSPS) is 10.5. The SMILES string of the molecule is N=NC(=N)CCN(c1ccccc1)c1cc(-c2ccc(Oc3ccc(F)cc3)cc2)cc(C(N)=O)n1. The van der Waals surface area contributed by atoms with Crippen LogP contribution >= 0.6 is 0 Å². The zero-order valence-electron chi connectivity index (χ0n) is 19.2. The number of ether oxygens (including phenoxy) is 1. The number of amidine groups is 1. The van der Waals surface area contributed by atoms with Crippen molar-refractivity contribution >= 4 is 23.2 Å². The number of anilines is 2. The number of carbonyl (C=O) groups excluding carboxylic acids is 1. The minimum Gasteiger partial charge on any atom is -0.457 e. The highest BCUT2D eigenvalue weighted by molar-refractivity contribution is 5.93. The number of rotatable bonds is 9. The molecular formula is C27H23FN6O2. The molecule has 180 valence electrons. The Bertz CT molecular complexity index is 1380. The molecule has 4 rings (SSSR count). The fourth-order valence-electron chi connectivity index (χ4n) is 3.56. The number of pyridine rings is 1. The molecule has 0 spiro atoms. The molecule has 4 N–H and O–H groups in total. The average molecular weight is 483 g/mol. The second kappa shape index (κ2) is 11.0. The molecule has 1 aromatic heterocycles. The molecule has 1 heterocycles. The minimum absolute atomic E-state index is 0.0704. The van der Waals surface area contributed by atoms with Crippen LogP contribution in [0, 0.1) is 16.8 Å².